The van der Waals surface area contributed by atoms with Crippen molar-refractivity contribution in [3.8, 4) is 0 Å². The first-order valence-corrected chi connectivity index (χ1v) is 24.5. The number of benzene rings is 3. The molecule has 0 spiro atoms. The summed E-state index contributed by atoms with van der Waals surface area (Å²) in [6.45, 7) is 19.7. The fraction of sp³-hybridized carbons (Fsp3) is 0.578. The third kappa shape index (κ3) is 7.58. The van der Waals surface area contributed by atoms with Crippen LogP contribution in [0, 0.1) is 5.92 Å². The van der Waals surface area contributed by atoms with Crippen molar-refractivity contribution in [1.82, 2.24) is 4.90 Å². The van der Waals surface area contributed by atoms with Gasteiger partial charge in [0.15, 0.2) is 0 Å². The van der Waals surface area contributed by atoms with Crippen LogP contribution in [0.15, 0.2) is 91.0 Å². The van der Waals surface area contributed by atoms with Gasteiger partial charge >= 0.3 is 346 Å². The summed E-state index contributed by atoms with van der Waals surface area (Å²) in [6, 6.07) is 29.4. The van der Waals surface area contributed by atoms with Gasteiger partial charge in [-0.15, -0.1) is 0 Å². The number of nitrogens with zero attached hydrogens (tertiary/aromatic N) is 1. The number of rotatable bonds is 8. The third-order valence-electron chi connectivity index (χ3n) is 12.4. The van der Waals surface area contributed by atoms with Gasteiger partial charge in [0.1, 0.15) is 0 Å². The number of carbonyl (C=O) groups is 1. The molecule has 3 aromatic rings. The van der Waals surface area contributed by atoms with Crippen LogP contribution in [-0.2, 0) is 45.8 Å². The van der Waals surface area contributed by atoms with Crippen LogP contribution < -0.4 is 4.46 Å². The van der Waals surface area contributed by atoms with Gasteiger partial charge in [-0.1, -0.05) is 6.07 Å². The first-order chi connectivity index (χ1) is 27.0. The number of ether oxygens (including phenoxy) is 5. The first-order valence-electron chi connectivity index (χ1n) is 20.4. The van der Waals surface area contributed by atoms with Crippen LogP contribution in [-0.4, -0.2) is 100 Å². The molecule has 5 saturated heterocycles. The molecule has 0 aromatic heterocycles. The molecule has 5 fully saturated rings. The van der Waals surface area contributed by atoms with Crippen molar-refractivity contribution in [2.45, 2.75) is 156 Å². The SMILES string of the molecule is C[C@@H]1[C@@H]2OC(C)(C)O[C@@H]2[C@@H](OCc2ccccc2)[C@H]([C@H]2O[Si](C(C)(C)C)(C(C)(C)C)O[C@H]3[C@@H]4O[C@@H]([C@@H]([Se]c5ccccc5)[C@@H]4Cl)[C@@H]32)N1C(=O)OCc1ccccc1. The van der Waals surface area contributed by atoms with Crippen LogP contribution in [0.5, 0.6) is 0 Å². The Morgan fingerprint density at radius 3 is 1.89 bits per heavy atom. The molecule has 12 atom stereocenters. The summed E-state index contributed by atoms with van der Waals surface area (Å²) < 4.78 is 50.6. The summed E-state index contributed by atoms with van der Waals surface area (Å²) in [7, 11) is -3.26. The molecule has 0 N–H and O–H groups in total. The van der Waals surface area contributed by atoms with E-state index >= 15 is 0 Å². The molecule has 5 aliphatic heterocycles. The molecule has 308 valence electrons. The Bertz CT molecular complexity index is 1850. The number of likely N-dealkylation sites (tertiary alicyclic amines) is 1. The zero-order chi connectivity index (χ0) is 40.5. The van der Waals surface area contributed by atoms with E-state index in [4.69, 9.17) is 44.1 Å². The minimum absolute atomic E-state index is 0.0114. The van der Waals surface area contributed by atoms with Gasteiger partial charge in [-0.2, -0.15) is 0 Å². The number of hydrogen-bond acceptors (Lipinski definition) is 8. The van der Waals surface area contributed by atoms with E-state index in [0.29, 0.717) is 6.61 Å². The number of piperidine rings is 1. The molecule has 3 aromatic carbocycles. The van der Waals surface area contributed by atoms with Crippen molar-refractivity contribution in [1.29, 1.82) is 0 Å². The minimum atomic E-state index is -3.26. The summed E-state index contributed by atoms with van der Waals surface area (Å²) in [6.07, 6.45) is -3.60. The van der Waals surface area contributed by atoms with Gasteiger partial charge in [0.2, 0.25) is 0 Å². The van der Waals surface area contributed by atoms with Crippen molar-refractivity contribution in [3.05, 3.63) is 102 Å². The molecule has 0 unspecified atom stereocenters. The Kier molecular flexibility index (Phi) is 11.4. The van der Waals surface area contributed by atoms with Crippen molar-refractivity contribution in [2.24, 2.45) is 5.92 Å². The Morgan fingerprint density at radius 2 is 1.30 bits per heavy atom. The predicted octanol–water partition coefficient (Wildman–Crippen LogP) is 8.15. The maximum absolute atomic E-state index is 15.0. The molecule has 57 heavy (non-hydrogen) atoms. The second kappa shape index (κ2) is 15.6. The number of hydrogen-bond donors (Lipinski definition) is 0. The van der Waals surface area contributed by atoms with E-state index in [1.807, 2.05) is 80.3 Å². The van der Waals surface area contributed by atoms with Crippen LogP contribution in [0.25, 0.3) is 0 Å². The molecule has 1 amide bonds. The van der Waals surface area contributed by atoms with E-state index in [0.717, 1.165) is 11.1 Å². The van der Waals surface area contributed by atoms with Crippen molar-refractivity contribution in [2.75, 3.05) is 0 Å². The molecule has 0 saturated carbocycles. The number of carbonyl (C=O) groups excluding carboxylic acids is 1. The Morgan fingerprint density at radius 1 is 0.754 bits per heavy atom. The van der Waals surface area contributed by atoms with Crippen molar-refractivity contribution < 1.29 is 37.3 Å². The number of halogens is 1. The zero-order valence-electron chi connectivity index (χ0n) is 34.5. The van der Waals surface area contributed by atoms with E-state index in [9.17, 15) is 4.79 Å². The predicted molar refractivity (Wildman–Crippen MR) is 223 cm³/mol. The van der Waals surface area contributed by atoms with Gasteiger partial charge in [0.05, 0.1) is 0 Å². The summed E-state index contributed by atoms with van der Waals surface area (Å²) >= 11 is 7.50. The first kappa shape index (κ1) is 41.5. The normalized spacial score (nSPS) is 35.4. The van der Waals surface area contributed by atoms with E-state index in [1.165, 1.54) is 4.46 Å². The summed E-state index contributed by atoms with van der Waals surface area (Å²) in [4.78, 5) is 16.9. The van der Waals surface area contributed by atoms with E-state index in [2.05, 4.69) is 77.9 Å². The molecule has 2 bridgehead atoms. The summed E-state index contributed by atoms with van der Waals surface area (Å²) in [5.74, 6) is -1.16. The van der Waals surface area contributed by atoms with Gasteiger partial charge in [-0.3, -0.25) is 0 Å². The van der Waals surface area contributed by atoms with Crippen LogP contribution >= 0.6 is 11.6 Å². The molecule has 9 nitrogen and oxygen atoms in total. The van der Waals surface area contributed by atoms with Crippen LogP contribution in [0.2, 0.25) is 14.9 Å². The number of fused-ring (bicyclic) bond motifs is 6. The number of amides is 1. The second-order valence-corrected chi connectivity index (χ2v) is 26.6. The third-order valence-corrected chi connectivity index (χ3v) is 21.3. The monoisotopic (exact) mass is 883 g/mol. The fourth-order valence-corrected chi connectivity index (χ4v) is 18.6. The Balaban J connectivity index is 1.28. The van der Waals surface area contributed by atoms with Gasteiger partial charge in [0.25, 0.3) is 0 Å². The molecule has 5 aliphatic rings. The molecular formula is C45H58ClNO8SeSi. The second-order valence-electron chi connectivity index (χ2n) is 18.8. The van der Waals surface area contributed by atoms with E-state index in [-0.39, 0.29) is 66.1 Å². The van der Waals surface area contributed by atoms with Crippen molar-refractivity contribution in [3.63, 3.8) is 0 Å². The molecule has 12 heteroatoms. The topological polar surface area (TPSA) is 84.9 Å². The molecule has 8 rings (SSSR count). The van der Waals surface area contributed by atoms with Gasteiger partial charge < -0.3 is 0 Å². The Hall–Kier alpha value is -2.28. The van der Waals surface area contributed by atoms with Gasteiger partial charge in [-0.25, -0.2) is 0 Å². The van der Waals surface area contributed by atoms with Gasteiger partial charge in [0, 0.05) is 0 Å². The van der Waals surface area contributed by atoms with Crippen LogP contribution in [0.4, 0.5) is 4.79 Å². The standard InChI is InChI=1S/C45H58ClNO8SeSi/c1-27-34-40(53-45(8,9)52-34)39(49-25-28-19-13-10-14-20-28)33(47(27)42(48)50-26-29-21-15-11-16-22-29)35-31-36(55-57(54-35,43(2,3)4)44(5,6)7)38-32(46)41(37(31)51-38)56-30-23-17-12-18-24-30/h10-24,27,31-41H,25-26H2,1-9H3/t27-,31-,32-,33+,34+,35+,36-,37-,38-,39+,40+,41+/m1/s1. The van der Waals surface area contributed by atoms with E-state index < -0.39 is 56.9 Å². The van der Waals surface area contributed by atoms with Gasteiger partial charge in [-0.05, 0) is 0 Å². The molecule has 0 radical (unpaired) electrons. The summed E-state index contributed by atoms with van der Waals surface area (Å²) in [5, 5.41) is -0.981. The molecule has 0 aliphatic carbocycles. The zero-order valence-corrected chi connectivity index (χ0v) is 38.0. The van der Waals surface area contributed by atoms with Crippen molar-refractivity contribution >= 4 is 45.7 Å². The van der Waals surface area contributed by atoms with E-state index in [1.54, 1.807) is 0 Å². The quantitative estimate of drug-likeness (QED) is 0.166. The van der Waals surface area contributed by atoms with Crippen LogP contribution in [0.3, 0.4) is 0 Å². The fourth-order valence-electron chi connectivity index (χ4n) is 10.2. The maximum atomic E-state index is 15.0. The average molecular weight is 883 g/mol. The molecular weight excluding hydrogens is 825 g/mol. The Labute approximate surface area is 350 Å². The number of alkyl halides is 1. The molecule has 5 heterocycles. The summed E-state index contributed by atoms with van der Waals surface area (Å²) in [5.41, 5.74) is 1.92. The average Bonchev–Trinajstić information content (AvgIpc) is 3.82. The van der Waals surface area contributed by atoms with Crippen LogP contribution in [0.1, 0.15) is 73.4 Å².